The van der Waals surface area contributed by atoms with Crippen LogP contribution in [-0.4, -0.2) is 23.0 Å². The number of nitrogens with one attached hydrogen (secondary N) is 1. The summed E-state index contributed by atoms with van der Waals surface area (Å²) in [6, 6.07) is 7.98. The molecule has 2 aromatic rings. The molecule has 0 heterocycles. The van der Waals surface area contributed by atoms with E-state index in [9.17, 15) is 25.3 Å². The number of nitro groups is 1. The SMILES string of the molecule is COc1cc(/C=C(\C#N)C(=O)Nc2c(C)cc(C)cc2C)cc([N+](=O)[O-])c1O. The predicted octanol–water partition coefficient (Wildman–Crippen LogP) is 3.78. The lowest BCUT2D eigenvalue weighted by Crippen LogP contribution is -2.15. The van der Waals surface area contributed by atoms with E-state index in [1.165, 1.54) is 19.3 Å². The maximum absolute atomic E-state index is 12.6. The number of methoxy groups -OCH3 is 1. The number of amides is 1. The van der Waals surface area contributed by atoms with E-state index in [-0.39, 0.29) is 16.9 Å². The highest BCUT2D eigenvalue weighted by Crippen LogP contribution is 2.37. The lowest BCUT2D eigenvalue weighted by Gasteiger charge is -2.12. The summed E-state index contributed by atoms with van der Waals surface area (Å²) in [6.07, 6.45) is 1.20. The third-order valence-corrected chi connectivity index (χ3v) is 4.09. The van der Waals surface area contributed by atoms with Crippen LogP contribution in [0.4, 0.5) is 11.4 Å². The number of nitriles is 1. The molecule has 0 saturated carbocycles. The van der Waals surface area contributed by atoms with E-state index in [2.05, 4.69) is 5.32 Å². The van der Waals surface area contributed by atoms with E-state index in [0.717, 1.165) is 22.8 Å². The van der Waals surface area contributed by atoms with Gasteiger partial charge >= 0.3 is 5.69 Å². The van der Waals surface area contributed by atoms with Gasteiger partial charge in [0.1, 0.15) is 11.6 Å². The molecule has 8 nitrogen and oxygen atoms in total. The van der Waals surface area contributed by atoms with Crippen molar-refractivity contribution in [3.05, 3.63) is 62.2 Å². The summed E-state index contributed by atoms with van der Waals surface area (Å²) >= 11 is 0. The Balaban J connectivity index is 2.44. The highest BCUT2D eigenvalue weighted by atomic mass is 16.6. The molecule has 144 valence electrons. The molecule has 0 unspecified atom stereocenters. The van der Waals surface area contributed by atoms with Crippen LogP contribution >= 0.6 is 0 Å². The number of benzene rings is 2. The van der Waals surface area contributed by atoms with Gasteiger partial charge in [-0.05, 0) is 49.6 Å². The zero-order valence-corrected chi connectivity index (χ0v) is 15.9. The van der Waals surface area contributed by atoms with E-state index in [1.807, 2.05) is 32.9 Å². The number of hydrogen-bond acceptors (Lipinski definition) is 6. The van der Waals surface area contributed by atoms with Crippen molar-refractivity contribution in [2.45, 2.75) is 20.8 Å². The van der Waals surface area contributed by atoms with Crippen LogP contribution < -0.4 is 10.1 Å². The van der Waals surface area contributed by atoms with Crippen molar-refractivity contribution >= 4 is 23.4 Å². The fourth-order valence-electron chi connectivity index (χ4n) is 2.87. The van der Waals surface area contributed by atoms with Crippen molar-refractivity contribution in [3.8, 4) is 17.6 Å². The standard InChI is InChI=1S/C20H19N3O5/c1-11-5-12(2)18(13(3)6-11)22-20(25)15(10-21)7-14-8-16(23(26)27)19(24)17(9-14)28-4/h5-9,24H,1-4H3,(H,22,25)/b15-7+. The first kappa shape index (κ1) is 20.5. The quantitative estimate of drug-likeness (QED) is 0.351. The first-order valence-corrected chi connectivity index (χ1v) is 8.24. The molecule has 0 saturated heterocycles. The molecule has 0 aliphatic carbocycles. The van der Waals surface area contributed by atoms with E-state index < -0.39 is 22.3 Å². The number of aromatic hydroxyl groups is 1. The second-order valence-electron chi connectivity index (χ2n) is 6.25. The van der Waals surface area contributed by atoms with Gasteiger partial charge in [0.2, 0.25) is 5.75 Å². The molecule has 0 aliphatic heterocycles. The van der Waals surface area contributed by atoms with E-state index in [4.69, 9.17) is 4.74 Å². The highest BCUT2D eigenvalue weighted by Gasteiger charge is 2.20. The van der Waals surface area contributed by atoms with Gasteiger partial charge in [-0.3, -0.25) is 14.9 Å². The lowest BCUT2D eigenvalue weighted by molar-refractivity contribution is -0.386. The monoisotopic (exact) mass is 381 g/mol. The number of phenols is 1. The molecule has 0 spiro atoms. The number of hydrogen-bond donors (Lipinski definition) is 2. The van der Waals surface area contributed by atoms with E-state index in [0.29, 0.717) is 5.69 Å². The van der Waals surface area contributed by atoms with Gasteiger partial charge in [0, 0.05) is 11.8 Å². The average Bonchev–Trinajstić information content (AvgIpc) is 2.63. The molecule has 0 atom stereocenters. The lowest BCUT2D eigenvalue weighted by atomic mass is 10.0. The van der Waals surface area contributed by atoms with E-state index in [1.54, 1.807) is 6.07 Å². The van der Waals surface area contributed by atoms with Gasteiger partial charge in [-0.15, -0.1) is 0 Å². The van der Waals surface area contributed by atoms with Gasteiger partial charge in [0.05, 0.1) is 12.0 Å². The number of phenolic OH excluding ortho intramolecular Hbond substituents is 1. The Labute approximate surface area is 161 Å². The second-order valence-corrected chi connectivity index (χ2v) is 6.25. The van der Waals surface area contributed by atoms with Crippen molar-refractivity contribution in [2.75, 3.05) is 12.4 Å². The van der Waals surface area contributed by atoms with Crippen LogP contribution in [-0.2, 0) is 4.79 Å². The summed E-state index contributed by atoms with van der Waals surface area (Å²) in [6.45, 7) is 5.64. The Hall–Kier alpha value is -3.86. The summed E-state index contributed by atoms with van der Waals surface area (Å²) in [5.74, 6) is -1.41. The largest absolute Gasteiger partial charge is 0.500 e. The minimum Gasteiger partial charge on any atom is -0.500 e. The molecule has 1 amide bonds. The molecular weight excluding hydrogens is 362 g/mol. The number of rotatable bonds is 5. The Bertz CT molecular complexity index is 1010. The molecule has 8 heteroatoms. The normalized spacial score (nSPS) is 10.9. The van der Waals surface area contributed by atoms with Crippen molar-refractivity contribution in [1.29, 1.82) is 5.26 Å². The zero-order chi connectivity index (χ0) is 21.0. The Morgan fingerprint density at radius 1 is 1.25 bits per heavy atom. The molecule has 0 aromatic heterocycles. The molecule has 2 N–H and O–H groups in total. The number of nitrogens with zero attached hydrogens (tertiary/aromatic N) is 2. The van der Waals surface area contributed by atoms with Crippen LogP contribution in [0.15, 0.2) is 29.8 Å². The smallest absolute Gasteiger partial charge is 0.315 e. The van der Waals surface area contributed by atoms with Crippen molar-refractivity contribution in [1.82, 2.24) is 0 Å². The minimum atomic E-state index is -0.777. The van der Waals surface area contributed by atoms with Gasteiger partial charge in [-0.25, -0.2) is 0 Å². The summed E-state index contributed by atoms with van der Waals surface area (Å²) in [5, 5.41) is 33.0. The van der Waals surface area contributed by atoms with E-state index >= 15 is 0 Å². The molecular formula is C20H19N3O5. The molecule has 2 rings (SSSR count). The second kappa shape index (κ2) is 8.22. The summed E-state index contributed by atoms with van der Waals surface area (Å²) in [7, 11) is 1.24. The summed E-state index contributed by atoms with van der Waals surface area (Å²) < 4.78 is 4.92. The fraction of sp³-hybridized carbons (Fsp3) is 0.200. The van der Waals surface area contributed by atoms with Crippen molar-refractivity contribution in [3.63, 3.8) is 0 Å². The van der Waals surface area contributed by atoms with Crippen LogP contribution in [0.3, 0.4) is 0 Å². The van der Waals surface area contributed by atoms with Crippen LogP contribution in [0.1, 0.15) is 22.3 Å². The summed E-state index contributed by atoms with van der Waals surface area (Å²) in [5.41, 5.74) is 2.69. The fourth-order valence-corrected chi connectivity index (χ4v) is 2.87. The number of carbonyl (C=O) groups excluding carboxylic acids is 1. The molecule has 2 aromatic carbocycles. The van der Waals surface area contributed by atoms with Gasteiger partial charge in [0.25, 0.3) is 5.91 Å². The molecule has 0 bridgehead atoms. The third kappa shape index (κ3) is 4.27. The topological polar surface area (TPSA) is 125 Å². The Morgan fingerprint density at radius 3 is 2.36 bits per heavy atom. The molecule has 0 aliphatic rings. The Morgan fingerprint density at radius 2 is 1.86 bits per heavy atom. The highest BCUT2D eigenvalue weighted by molar-refractivity contribution is 6.10. The molecule has 0 radical (unpaired) electrons. The number of ether oxygens (including phenoxy) is 1. The van der Waals surface area contributed by atoms with Crippen LogP contribution in [0.2, 0.25) is 0 Å². The minimum absolute atomic E-state index is 0.136. The van der Waals surface area contributed by atoms with Crippen LogP contribution in [0.5, 0.6) is 11.5 Å². The zero-order valence-electron chi connectivity index (χ0n) is 15.9. The predicted molar refractivity (Wildman–Crippen MR) is 104 cm³/mol. The Kier molecular flexibility index (Phi) is 6.01. The van der Waals surface area contributed by atoms with Gasteiger partial charge in [-0.1, -0.05) is 17.7 Å². The maximum atomic E-state index is 12.6. The summed E-state index contributed by atoms with van der Waals surface area (Å²) in [4.78, 5) is 22.9. The van der Waals surface area contributed by atoms with Crippen molar-refractivity contribution in [2.24, 2.45) is 0 Å². The average molecular weight is 381 g/mol. The van der Waals surface area contributed by atoms with Gasteiger partial charge in [0.15, 0.2) is 5.75 Å². The van der Waals surface area contributed by atoms with Crippen molar-refractivity contribution < 1.29 is 19.6 Å². The number of nitro benzene ring substituents is 1. The third-order valence-electron chi connectivity index (χ3n) is 4.09. The van der Waals surface area contributed by atoms with Gasteiger partial charge < -0.3 is 15.2 Å². The van der Waals surface area contributed by atoms with Crippen LogP contribution in [0.25, 0.3) is 6.08 Å². The number of carbonyl (C=O) groups is 1. The van der Waals surface area contributed by atoms with Crippen LogP contribution in [0, 0.1) is 42.2 Å². The molecule has 0 fully saturated rings. The first-order valence-electron chi connectivity index (χ1n) is 8.24. The number of aryl methyl sites for hydroxylation is 3. The first-order chi connectivity index (χ1) is 13.2. The number of anilines is 1. The van der Waals surface area contributed by atoms with Gasteiger partial charge in [-0.2, -0.15) is 5.26 Å². The molecule has 28 heavy (non-hydrogen) atoms. The maximum Gasteiger partial charge on any atom is 0.315 e.